The monoisotopic (exact) mass is 222 g/mol. The fourth-order valence-corrected chi connectivity index (χ4v) is 2.03. The van der Waals surface area contributed by atoms with Crippen molar-refractivity contribution in [3.63, 3.8) is 0 Å². The van der Waals surface area contributed by atoms with Crippen molar-refractivity contribution < 1.29 is 14.6 Å². The van der Waals surface area contributed by atoms with Gasteiger partial charge in [-0.25, -0.2) is 0 Å². The van der Waals surface area contributed by atoms with Gasteiger partial charge in [-0.1, -0.05) is 0 Å². The normalized spacial score (nSPS) is 16.0. The lowest BCUT2D eigenvalue weighted by Crippen LogP contribution is -2.19. The predicted octanol–water partition coefficient (Wildman–Crippen LogP) is 2.00. The summed E-state index contributed by atoms with van der Waals surface area (Å²) in [5.41, 5.74) is 3.44. The number of hydrogen-bond donors (Lipinski definition) is 1. The Morgan fingerprint density at radius 3 is 2.69 bits per heavy atom. The minimum absolute atomic E-state index is 0.366. The summed E-state index contributed by atoms with van der Waals surface area (Å²) < 4.78 is 11.2. The molecule has 1 N–H and O–H groups in total. The van der Waals surface area contributed by atoms with Crippen LogP contribution in [0.3, 0.4) is 0 Å². The zero-order valence-corrected chi connectivity index (χ0v) is 10.0. The number of ether oxygens (including phenoxy) is 2. The Hall–Kier alpha value is -1.22. The number of hydrogen-bond acceptors (Lipinski definition) is 3. The van der Waals surface area contributed by atoms with Crippen molar-refractivity contribution in [1.29, 1.82) is 0 Å². The highest BCUT2D eigenvalue weighted by molar-refractivity contribution is 5.54. The summed E-state index contributed by atoms with van der Waals surface area (Å²) in [6, 6.07) is 2.01. The van der Waals surface area contributed by atoms with E-state index in [2.05, 4.69) is 13.8 Å². The van der Waals surface area contributed by atoms with Gasteiger partial charge in [-0.3, -0.25) is 0 Å². The summed E-state index contributed by atoms with van der Waals surface area (Å²) in [6.07, 6.45) is 0.245. The largest absolute Gasteiger partial charge is 0.486 e. The summed E-state index contributed by atoms with van der Waals surface area (Å²) in [7, 11) is 0. The fourth-order valence-electron chi connectivity index (χ4n) is 2.03. The van der Waals surface area contributed by atoms with Gasteiger partial charge in [-0.15, -0.1) is 0 Å². The van der Waals surface area contributed by atoms with Crippen LogP contribution in [-0.4, -0.2) is 24.4 Å². The first-order valence-corrected chi connectivity index (χ1v) is 5.66. The highest BCUT2D eigenvalue weighted by Crippen LogP contribution is 2.38. The molecule has 1 aliphatic rings. The van der Waals surface area contributed by atoms with Gasteiger partial charge >= 0.3 is 0 Å². The van der Waals surface area contributed by atoms with E-state index in [1.165, 1.54) is 11.1 Å². The van der Waals surface area contributed by atoms with Crippen LogP contribution >= 0.6 is 0 Å². The quantitative estimate of drug-likeness (QED) is 0.831. The molecular weight excluding hydrogens is 204 g/mol. The number of aliphatic hydroxyl groups excluding tert-OH is 1. The van der Waals surface area contributed by atoms with Crippen LogP contribution in [0.1, 0.15) is 23.6 Å². The second kappa shape index (κ2) is 4.34. The molecule has 0 fully saturated rings. The van der Waals surface area contributed by atoms with Crippen LogP contribution in [0.25, 0.3) is 0 Å². The standard InChI is InChI=1S/C13H18O3/c1-8-6-12-13(16-5-4-15-12)11(10(8)3)7-9(2)14/h6,9,14H,4-5,7H2,1-3H3. The topological polar surface area (TPSA) is 38.7 Å². The van der Waals surface area contributed by atoms with Crippen LogP contribution in [0.4, 0.5) is 0 Å². The molecule has 0 spiro atoms. The van der Waals surface area contributed by atoms with E-state index in [1.807, 2.05) is 6.07 Å². The molecule has 1 atom stereocenters. The zero-order valence-electron chi connectivity index (χ0n) is 10.0. The van der Waals surface area contributed by atoms with E-state index in [-0.39, 0.29) is 6.10 Å². The fraction of sp³-hybridized carbons (Fsp3) is 0.538. The molecule has 3 heteroatoms. The maximum atomic E-state index is 9.53. The molecule has 1 aliphatic heterocycles. The van der Waals surface area contributed by atoms with E-state index in [4.69, 9.17) is 9.47 Å². The van der Waals surface area contributed by atoms with Crippen molar-refractivity contribution in [2.75, 3.05) is 13.2 Å². The lowest BCUT2D eigenvalue weighted by atomic mass is 9.97. The van der Waals surface area contributed by atoms with Crippen LogP contribution in [-0.2, 0) is 6.42 Å². The number of aryl methyl sites for hydroxylation is 1. The first kappa shape index (κ1) is 11.3. The molecule has 0 saturated carbocycles. The van der Waals surface area contributed by atoms with Gasteiger partial charge in [0.2, 0.25) is 0 Å². The molecule has 1 aromatic rings. The van der Waals surface area contributed by atoms with Gasteiger partial charge in [-0.2, -0.15) is 0 Å². The maximum absolute atomic E-state index is 9.53. The molecule has 0 saturated heterocycles. The highest BCUT2D eigenvalue weighted by Gasteiger charge is 2.20. The van der Waals surface area contributed by atoms with E-state index in [1.54, 1.807) is 6.92 Å². The summed E-state index contributed by atoms with van der Waals surface area (Å²) in [4.78, 5) is 0. The smallest absolute Gasteiger partial charge is 0.164 e. The summed E-state index contributed by atoms with van der Waals surface area (Å²) >= 11 is 0. The molecule has 0 amide bonds. The molecule has 0 aliphatic carbocycles. The molecule has 1 heterocycles. The van der Waals surface area contributed by atoms with Crippen molar-refractivity contribution >= 4 is 0 Å². The molecule has 16 heavy (non-hydrogen) atoms. The minimum Gasteiger partial charge on any atom is -0.486 e. The minimum atomic E-state index is -0.366. The Labute approximate surface area is 96.0 Å². The predicted molar refractivity (Wildman–Crippen MR) is 62.3 cm³/mol. The third-order valence-corrected chi connectivity index (χ3v) is 2.98. The maximum Gasteiger partial charge on any atom is 0.164 e. The average molecular weight is 222 g/mol. The van der Waals surface area contributed by atoms with Crippen molar-refractivity contribution in [3.05, 3.63) is 22.8 Å². The van der Waals surface area contributed by atoms with Gasteiger partial charge in [-0.05, 0) is 38.0 Å². The van der Waals surface area contributed by atoms with Gasteiger partial charge in [0.05, 0.1) is 6.10 Å². The Bertz CT molecular complexity index is 397. The first-order chi connectivity index (χ1) is 7.59. The zero-order chi connectivity index (χ0) is 11.7. The van der Waals surface area contributed by atoms with Gasteiger partial charge in [0.15, 0.2) is 11.5 Å². The molecule has 1 unspecified atom stereocenters. The van der Waals surface area contributed by atoms with Crippen molar-refractivity contribution in [2.45, 2.75) is 33.3 Å². The van der Waals surface area contributed by atoms with E-state index in [0.717, 1.165) is 17.1 Å². The van der Waals surface area contributed by atoms with Crippen molar-refractivity contribution in [2.24, 2.45) is 0 Å². The SMILES string of the molecule is Cc1cc2c(c(CC(C)O)c1C)OCCO2. The molecule has 3 nitrogen and oxygen atoms in total. The van der Waals surface area contributed by atoms with Gasteiger partial charge in [0.25, 0.3) is 0 Å². The molecule has 88 valence electrons. The lowest BCUT2D eigenvalue weighted by Gasteiger charge is -2.24. The van der Waals surface area contributed by atoms with Gasteiger partial charge < -0.3 is 14.6 Å². The summed E-state index contributed by atoms with van der Waals surface area (Å²) in [6.45, 7) is 7.09. The Morgan fingerprint density at radius 2 is 2.00 bits per heavy atom. The van der Waals surface area contributed by atoms with E-state index < -0.39 is 0 Å². The number of rotatable bonds is 2. The average Bonchev–Trinajstić information content (AvgIpc) is 2.24. The van der Waals surface area contributed by atoms with Crippen LogP contribution in [0.15, 0.2) is 6.07 Å². The van der Waals surface area contributed by atoms with E-state index >= 15 is 0 Å². The second-order valence-electron chi connectivity index (χ2n) is 4.37. The summed E-state index contributed by atoms with van der Waals surface area (Å²) in [5.74, 6) is 1.63. The van der Waals surface area contributed by atoms with Crippen LogP contribution < -0.4 is 9.47 Å². The molecule has 0 radical (unpaired) electrons. The van der Waals surface area contributed by atoms with Gasteiger partial charge in [0.1, 0.15) is 13.2 Å². The Kier molecular flexibility index (Phi) is 3.06. The first-order valence-electron chi connectivity index (χ1n) is 5.66. The molecule has 1 aromatic carbocycles. The number of aliphatic hydroxyl groups is 1. The summed E-state index contributed by atoms with van der Waals surface area (Å²) in [5, 5.41) is 9.53. The van der Waals surface area contributed by atoms with Crippen LogP contribution in [0.5, 0.6) is 11.5 Å². The molecule has 0 aromatic heterocycles. The van der Waals surface area contributed by atoms with Crippen LogP contribution in [0.2, 0.25) is 0 Å². The third kappa shape index (κ3) is 2.00. The van der Waals surface area contributed by atoms with Crippen molar-refractivity contribution in [3.8, 4) is 11.5 Å². The third-order valence-electron chi connectivity index (χ3n) is 2.98. The van der Waals surface area contributed by atoms with E-state index in [9.17, 15) is 5.11 Å². The van der Waals surface area contributed by atoms with Gasteiger partial charge in [0, 0.05) is 12.0 Å². The van der Waals surface area contributed by atoms with Crippen molar-refractivity contribution in [1.82, 2.24) is 0 Å². The second-order valence-corrected chi connectivity index (χ2v) is 4.37. The Morgan fingerprint density at radius 1 is 1.31 bits per heavy atom. The van der Waals surface area contributed by atoms with Crippen LogP contribution in [0, 0.1) is 13.8 Å². The Balaban J connectivity index is 2.50. The highest BCUT2D eigenvalue weighted by atomic mass is 16.6. The molecular formula is C13H18O3. The van der Waals surface area contributed by atoms with E-state index in [0.29, 0.717) is 19.6 Å². The number of fused-ring (bicyclic) bond motifs is 1. The lowest BCUT2D eigenvalue weighted by molar-refractivity contribution is 0.163. The molecule has 0 bridgehead atoms. The molecule has 2 rings (SSSR count). The number of benzene rings is 1.